The molecule has 1 fully saturated rings. The van der Waals surface area contributed by atoms with Crippen LogP contribution in [0.15, 0.2) is 36.5 Å². The third kappa shape index (κ3) is 4.56. The molecule has 2 aromatic rings. The van der Waals surface area contributed by atoms with Crippen molar-refractivity contribution in [1.29, 1.82) is 0 Å². The molecule has 2 aliphatic rings. The van der Waals surface area contributed by atoms with E-state index in [9.17, 15) is 9.59 Å². The first-order chi connectivity index (χ1) is 14.6. The fourth-order valence-electron chi connectivity index (χ4n) is 4.82. The second-order valence-corrected chi connectivity index (χ2v) is 8.65. The molecular weight excluding hydrogens is 380 g/mol. The Morgan fingerprint density at radius 1 is 1.30 bits per heavy atom. The van der Waals surface area contributed by atoms with Gasteiger partial charge in [0.15, 0.2) is 0 Å². The van der Waals surface area contributed by atoms with Gasteiger partial charge in [0.1, 0.15) is 11.3 Å². The summed E-state index contributed by atoms with van der Waals surface area (Å²) in [4.78, 5) is 29.5. The maximum Gasteiger partial charge on any atom is 0.268 e. The molecule has 160 valence electrons. The Bertz CT molecular complexity index is 951. The van der Waals surface area contributed by atoms with E-state index >= 15 is 0 Å². The van der Waals surface area contributed by atoms with Crippen molar-refractivity contribution >= 4 is 17.5 Å². The second kappa shape index (κ2) is 9.00. The maximum atomic E-state index is 13.0. The number of amides is 2. The average Bonchev–Trinajstić information content (AvgIpc) is 3.14. The Balaban J connectivity index is 1.43. The van der Waals surface area contributed by atoms with Crippen LogP contribution in [0.3, 0.4) is 0 Å². The first kappa shape index (κ1) is 20.6. The Morgan fingerprint density at radius 2 is 2.20 bits per heavy atom. The van der Waals surface area contributed by atoms with E-state index < -0.39 is 0 Å². The summed E-state index contributed by atoms with van der Waals surface area (Å²) in [7, 11) is 0. The molecule has 0 radical (unpaired) electrons. The molecule has 2 unspecified atom stereocenters. The van der Waals surface area contributed by atoms with Gasteiger partial charge in [-0.15, -0.1) is 0 Å². The van der Waals surface area contributed by atoms with E-state index in [1.54, 1.807) is 16.7 Å². The van der Waals surface area contributed by atoms with Crippen LogP contribution < -0.4 is 10.6 Å². The minimum Gasteiger partial charge on any atom is -0.396 e. The molecule has 2 heterocycles. The third-order valence-electron chi connectivity index (χ3n) is 6.33. The van der Waals surface area contributed by atoms with Gasteiger partial charge in [0.25, 0.3) is 5.91 Å². The number of fused-ring (bicyclic) bond motifs is 3. The van der Waals surface area contributed by atoms with Gasteiger partial charge in [-0.2, -0.15) is 0 Å². The number of carbonyl (C=O) groups is 2. The van der Waals surface area contributed by atoms with E-state index in [2.05, 4.69) is 27.8 Å². The van der Waals surface area contributed by atoms with Crippen LogP contribution in [0.1, 0.15) is 54.7 Å². The highest BCUT2D eigenvalue weighted by Crippen LogP contribution is 2.45. The fraction of sp³-hybridized carbons (Fsp3) is 0.522. The van der Waals surface area contributed by atoms with E-state index in [1.165, 1.54) is 19.3 Å². The first-order valence-electron chi connectivity index (χ1n) is 10.9. The van der Waals surface area contributed by atoms with Crippen molar-refractivity contribution in [1.82, 2.24) is 20.0 Å². The number of pyridine rings is 1. The summed E-state index contributed by atoms with van der Waals surface area (Å²) in [5, 5.41) is 14.7. The van der Waals surface area contributed by atoms with Crippen LogP contribution in [-0.4, -0.2) is 46.0 Å². The number of hydrogen-bond donors (Lipinski definition) is 3. The summed E-state index contributed by atoms with van der Waals surface area (Å²) in [5.74, 6) is 0.407. The van der Waals surface area contributed by atoms with Gasteiger partial charge in [-0.25, -0.2) is 4.98 Å². The summed E-state index contributed by atoms with van der Waals surface area (Å²) in [6.45, 7) is 1.18. The molecule has 2 aromatic heterocycles. The highest BCUT2D eigenvalue weighted by atomic mass is 16.3. The number of nitrogens with zero attached hydrogens (tertiary/aromatic N) is 2. The Labute approximate surface area is 176 Å². The monoisotopic (exact) mass is 410 g/mol. The average molecular weight is 411 g/mol. The lowest BCUT2D eigenvalue weighted by Gasteiger charge is -2.42. The fourth-order valence-corrected chi connectivity index (χ4v) is 4.82. The molecule has 0 aliphatic heterocycles. The standard InChI is InChI=1S/C23H30N4O3/c28-12-4-11-24-21(29)13-18-15-27-19(7-1-8-20(27)26-18)22(30)25-16-23-9-2-5-17(14-23)6-3-10-23/h1-2,5,7-8,15,17,28H,3-4,6,9-14,16H2,(H,24,29)(H,25,30). The number of nitrogens with one attached hydrogen (secondary N) is 2. The van der Waals surface area contributed by atoms with Crippen molar-refractivity contribution in [2.75, 3.05) is 19.7 Å². The van der Waals surface area contributed by atoms with Crippen molar-refractivity contribution in [3.8, 4) is 0 Å². The van der Waals surface area contributed by atoms with Gasteiger partial charge in [0.05, 0.1) is 12.1 Å². The molecule has 7 heteroatoms. The lowest BCUT2D eigenvalue weighted by molar-refractivity contribution is -0.120. The van der Waals surface area contributed by atoms with Crippen LogP contribution in [0, 0.1) is 11.3 Å². The highest BCUT2D eigenvalue weighted by Gasteiger charge is 2.37. The van der Waals surface area contributed by atoms with Gasteiger partial charge in [-0.3, -0.25) is 14.0 Å². The molecule has 2 aliphatic carbocycles. The molecule has 2 amide bonds. The van der Waals surface area contributed by atoms with E-state index in [-0.39, 0.29) is 30.3 Å². The smallest absolute Gasteiger partial charge is 0.268 e. The molecule has 4 rings (SSSR count). The molecule has 3 N–H and O–H groups in total. The largest absolute Gasteiger partial charge is 0.396 e. The summed E-state index contributed by atoms with van der Waals surface area (Å²) >= 11 is 0. The normalized spacial score (nSPS) is 22.8. The minimum absolute atomic E-state index is 0.0470. The maximum absolute atomic E-state index is 13.0. The van der Waals surface area contributed by atoms with Crippen LogP contribution >= 0.6 is 0 Å². The molecule has 0 saturated heterocycles. The number of aromatic nitrogens is 2. The number of imidazole rings is 1. The molecule has 30 heavy (non-hydrogen) atoms. The van der Waals surface area contributed by atoms with Crippen molar-refractivity contribution < 1.29 is 14.7 Å². The van der Waals surface area contributed by atoms with Gasteiger partial charge in [-0.1, -0.05) is 24.6 Å². The Morgan fingerprint density at radius 3 is 3.07 bits per heavy atom. The van der Waals surface area contributed by atoms with Crippen molar-refractivity contribution in [3.05, 3.63) is 47.9 Å². The minimum atomic E-state index is -0.144. The van der Waals surface area contributed by atoms with Crippen molar-refractivity contribution in [2.24, 2.45) is 11.3 Å². The van der Waals surface area contributed by atoms with Crippen LogP contribution in [0.4, 0.5) is 0 Å². The molecule has 0 spiro atoms. The van der Waals surface area contributed by atoms with Gasteiger partial charge in [-0.05, 0) is 55.6 Å². The Kier molecular flexibility index (Phi) is 6.18. The molecule has 2 atom stereocenters. The quantitative estimate of drug-likeness (QED) is 0.459. The second-order valence-electron chi connectivity index (χ2n) is 8.65. The molecule has 7 nitrogen and oxygen atoms in total. The number of hydrogen-bond acceptors (Lipinski definition) is 4. The van der Waals surface area contributed by atoms with Gasteiger partial charge in [0, 0.05) is 25.9 Å². The van der Waals surface area contributed by atoms with E-state index in [1.807, 2.05) is 12.1 Å². The molecule has 2 bridgehead atoms. The molecular formula is C23H30N4O3. The number of aliphatic hydroxyl groups is 1. The van der Waals surface area contributed by atoms with E-state index in [0.717, 1.165) is 12.8 Å². The molecule has 0 aromatic carbocycles. The highest BCUT2D eigenvalue weighted by molar-refractivity contribution is 5.93. The van der Waals surface area contributed by atoms with Crippen molar-refractivity contribution in [3.63, 3.8) is 0 Å². The van der Waals surface area contributed by atoms with Gasteiger partial charge < -0.3 is 15.7 Å². The first-order valence-corrected chi connectivity index (χ1v) is 10.9. The van der Waals surface area contributed by atoms with Gasteiger partial charge >= 0.3 is 0 Å². The SMILES string of the molecule is O=C(Cc1cn2c(C(=O)NCC34CC=CC(CCC3)C4)cccc2n1)NCCCO. The summed E-state index contributed by atoms with van der Waals surface area (Å²) in [5.41, 5.74) is 1.98. The summed E-state index contributed by atoms with van der Waals surface area (Å²) < 4.78 is 1.76. The number of aliphatic hydroxyl groups excluding tert-OH is 1. The lowest BCUT2D eigenvalue weighted by atomic mass is 9.65. The number of rotatable bonds is 8. The Hall–Kier alpha value is -2.67. The summed E-state index contributed by atoms with van der Waals surface area (Å²) in [6, 6.07) is 5.44. The van der Waals surface area contributed by atoms with Gasteiger partial charge in [0.2, 0.25) is 5.91 Å². The van der Waals surface area contributed by atoms with Crippen LogP contribution in [0.25, 0.3) is 5.65 Å². The predicted molar refractivity (Wildman–Crippen MR) is 114 cm³/mol. The van der Waals surface area contributed by atoms with Crippen LogP contribution in [-0.2, 0) is 11.2 Å². The zero-order valence-corrected chi connectivity index (χ0v) is 17.3. The zero-order chi connectivity index (χ0) is 21.0. The number of allylic oxidation sites excluding steroid dienone is 2. The van der Waals surface area contributed by atoms with Crippen molar-refractivity contribution in [2.45, 2.75) is 44.9 Å². The predicted octanol–water partition coefficient (Wildman–Crippen LogP) is 2.24. The van der Waals surface area contributed by atoms with E-state index in [0.29, 0.717) is 42.5 Å². The van der Waals surface area contributed by atoms with Crippen LogP contribution in [0.5, 0.6) is 0 Å². The number of carbonyl (C=O) groups excluding carboxylic acids is 2. The zero-order valence-electron chi connectivity index (χ0n) is 17.3. The van der Waals surface area contributed by atoms with E-state index in [4.69, 9.17) is 5.11 Å². The lowest BCUT2D eigenvalue weighted by Crippen LogP contribution is -2.42. The topological polar surface area (TPSA) is 95.7 Å². The molecule has 1 saturated carbocycles. The van der Waals surface area contributed by atoms with Crippen LogP contribution in [0.2, 0.25) is 0 Å². The third-order valence-corrected chi connectivity index (χ3v) is 6.33. The summed E-state index contributed by atoms with van der Waals surface area (Å²) in [6.07, 6.45) is 12.9.